The summed E-state index contributed by atoms with van der Waals surface area (Å²) < 4.78 is 11.8. The third-order valence-electron chi connectivity index (χ3n) is 4.51. The van der Waals surface area contributed by atoms with Crippen LogP contribution in [-0.4, -0.2) is 16.2 Å². The summed E-state index contributed by atoms with van der Waals surface area (Å²) in [6.07, 6.45) is 0. The number of esters is 1. The van der Waals surface area contributed by atoms with Crippen molar-refractivity contribution in [3.8, 4) is 23.0 Å². The van der Waals surface area contributed by atoms with Gasteiger partial charge in [0.1, 0.15) is 23.0 Å². The van der Waals surface area contributed by atoms with E-state index in [1.54, 1.807) is 30.1 Å². The van der Waals surface area contributed by atoms with Crippen molar-refractivity contribution < 1.29 is 24.5 Å². The smallest absolute Gasteiger partial charge is 0.340 e. The number of hydrogen-bond acceptors (Lipinski definition) is 5. The summed E-state index contributed by atoms with van der Waals surface area (Å²) in [4.78, 5) is 12.5. The van der Waals surface area contributed by atoms with Crippen molar-refractivity contribution in [3.63, 3.8) is 0 Å². The molecule has 2 N–H and O–H groups in total. The maximum Gasteiger partial charge on any atom is 0.340 e. The van der Waals surface area contributed by atoms with Crippen LogP contribution in [-0.2, 0) is 10.3 Å². The molecule has 3 heterocycles. The third kappa shape index (κ3) is 1.79. The number of fused-ring (bicyclic) bond motifs is 6. The molecule has 0 bridgehead atoms. The summed E-state index contributed by atoms with van der Waals surface area (Å²) in [6.45, 7) is 0. The Hall–Kier alpha value is -3.04. The van der Waals surface area contributed by atoms with Crippen LogP contribution < -0.4 is 4.74 Å². The largest absolute Gasteiger partial charge is 0.508 e. The fraction of sp³-hybridized carbons (Fsp3) is 0.0526. The number of ether oxygens (including phenoxy) is 2. The van der Waals surface area contributed by atoms with Crippen molar-refractivity contribution in [2.45, 2.75) is 5.60 Å². The molecule has 2 aliphatic heterocycles. The number of phenols is 1. The van der Waals surface area contributed by atoms with Gasteiger partial charge in [0.2, 0.25) is 0 Å². The van der Waals surface area contributed by atoms with Crippen LogP contribution in [0.3, 0.4) is 0 Å². The molecule has 0 radical (unpaired) electrons. The molecule has 5 nitrogen and oxygen atoms in total. The first-order valence-corrected chi connectivity index (χ1v) is 8.59. The Balaban J connectivity index is 1.91. The van der Waals surface area contributed by atoms with E-state index < -0.39 is 11.6 Å². The molecular formula is C19H11O5P. The molecule has 0 fully saturated rings. The first-order chi connectivity index (χ1) is 12.1. The van der Waals surface area contributed by atoms with Crippen LogP contribution in [0.15, 0.2) is 54.3 Å². The maximum atomic E-state index is 12.5. The Morgan fingerprint density at radius 1 is 0.920 bits per heavy atom. The van der Waals surface area contributed by atoms with E-state index in [0.717, 1.165) is 10.9 Å². The summed E-state index contributed by atoms with van der Waals surface area (Å²) in [7, 11) is 0.678. The minimum Gasteiger partial charge on any atom is -0.508 e. The van der Waals surface area contributed by atoms with Crippen molar-refractivity contribution >= 4 is 14.2 Å². The summed E-state index contributed by atoms with van der Waals surface area (Å²) >= 11 is 0. The topological polar surface area (TPSA) is 76.0 Å². The van der Waals surface area contributed by atoms with E-state index in [-0.39, 0.29) is 11.5 Å². The summed E-state index contributed by atoms with van der Waals surface area (Å²) in [5.41, 5.74) is 0.764. The quantitative estimate of drug-likeness (QED) is 0.593. The summed E-state index contributed by atoms with van der Waals surface area (Å²) in [6, 6.07) is 13.5. The van der Waals surface area contributed by atoms with Crippen molar-refractivity contribution in [1.29, 1.82) is 0 Å². The normalized spacial score (nSPS) is 19.9. The number of hydrogen-bond donors (Lipinski definition) is 2. The van der Waals surface area contributed by atoms with Gasteiger partial charge in [-0.3, -0.25) is 0 Å². The van der Waals surface area contributed by atoms with E-state index in [0.29, 0.717) is 30.8 Å². The lowest BCUT2D eigenvalue weighted by Crippen LogP contribution is -2.31. The van der Waals surface area contributed by atoms with Crippen molar-refractivity contribution in [2.24, 2.45) is 0 Å². The van der Waals surface area contributed by atoms with E-state index in [1.165, 1.54) is 12.1 Å². The van der Waals surface area contributed by atoms with Crippen molar-refractivity contribution in [1.82, 2.24) is 0 Å². The van der Waals surface area contributed by atoms with Crippen molar-refractivity contribution in [3.05, 3.63) is 76.3 Å². The minimum absolute atomic E-state index is 0.0451. The minimum atomic E-state index is -1.13. The predicted octanol–water partition coefficient (Wildman–Crippen LogP) is 4.25. The van der Waals surface area contributed by atoms with E-state index in [1.807, 2.05) is 12.1 Å². The number of aromatic hydroxyl groups is 2. The average molecular weight is 350 g/mol. The molecule has 5 rings (SSSR count). The lowest BCUT2D eigenvalue weighted by atomic mass is 9.82. The standard InChI is InChI=1S/C19H11O5P/c20-10-5-6-14-15(7-10)23-16-8-11(21)9-25-17(16)19(14)13-4-2-1-3-12(13)18(22)24-19/h1-9,20-21H. The molecule has 0 aliphatic carbocycles. The highest BCUT2D eigenvalue weighted by molar-refractivity contribution is 7.30. The fourth-order valence-corrected chi connectivity index (χ4v) is 4.54. The van der Waals surface area contributed by atoms with Gasteiger partial charge in [0, 0.05) is 29.1 Å². The molecule has 2 aliphatic rings. The van der Waals surface area contributed by atoms with E-state index in [4.69, 9.17) is 9.47 Å². The molecule has 2 aromatic carbocycles. The molecule has 0 saturated carbocycles. The van der Waals surface area contributed by atoms with Gasteiger partial charge in [0.15, 0.2) is 5.60 Å². The Morgan fingerprint density at radius 2 is 1.72 bits per heavy atom. The second-order valence-corrected chi connectivity index (χ2v) is 6.90. The number of rotatable bonds is 0. The highest BCUT2D eigenvalue weighted by atomic mass is 31.0. The van der Waals surface area contributed by atoms with Crippen LogP contribution in [0.25, 0.3) is 0 Å². The lowest BCUT2D eigenvalue weighted by molar-refractivity contribution is 0.0236. The average Bonchev–Trinajstić information content (AvgIpc) is 2.88. The second-order valence-electron chi connectivity index (χ2n) is 5.94. The number of carbonyl (C=O) groups excluding carboxylic acids is 1. The van der Waals surface area contributed by atoms with Crippen molar-refractivity contribution in [2.75, 3.05) is 0 Å². The zero-order valence-corrected chi connectivity index (χ0v) is 13.7. The zero-order valence-electron chi connectivity index (χ0n) is 12.8. The van der Waals surface area contributed by atoms with Gasteiger partial charge < -0.3 is 19.7 Å². The SMILES string of the molecule is O=C1OC2(c3ccc(O)cc3Oc3cc(O)cpc32)c2ccccc21. The first kappa shape index (κ1) is 14.3. The second kappa shape index (κ2) is 4.74. The fourth-order valence-electron chi connectivity index (χ4n) is 3.50. The van der Waals surface area contributed by atoms with E-state index in [9.17, 15) is 15.0 Å². The molecule has 1 unspecified atom stereocenters. The molecule has 0 saturated heterocycles. The highest BCUT2D eigenvalue weighted by Crippen LogP contribution is 2.59. The molecule has 1 spiro atoms. The molecule has 1 atom stereocenters. The van der Waals surface area contributed by atoms with Crippen LogP contribution in [0.5, 0.6) is 23.0 Å². The Kier molecular flexibility index (Phi) is 2.72. The highest BCUT2D eigenvalue weighted by Gasteiger charge is 2.53. The van der Waals surface area contributed by atoms with Crippen LogP contribution in [0, 0.1) is 0 Å². The number of carbonyl (C=O) groups is 1. The Morgan fingerprint density at radius 3 is 2.60 bits per heavy atom. The van der Waals surface area contributed by atoms with Gasteiger partial charge in [-0.2, -0.15) is 0 Å². The third-order valence-corrected chi connectivity index (χ3v) is 5.70. The van der Waals surface area contributed by atoms with Gasteiger partial charge >= 0.3 is 5.97 Å². The van der Waals surface area contributed by atoms with E-state index >= 15 is 0 Å². The van der Waals surface area contributed by atoms with Gasteiger partial charge in [-0.05, 0) is 18.2 Å². The summed E-state index contributed by atoms with van der Waals surface area (Å²) in [5, 5.41) is 20.4. The van der Waals surface area contributed by atoms with Crippen LogP contribution >= 0.6 is 8.19 Å². The molecule has 25 heavy (non-hydrogen) atoms. The van der Waals surface area contributed by atoms with Gasteiger partial charge in [-0.1, -0.05) is 26.4 Å². The van der Waals surface area contributed by atoms with Gasteiger partial charge in [-0.15, -0.1) is 0 Å². The van der Waals surface area contributed by atoms with Gasteiger partial charge in [0.25, 0.3) is 0 Å². The molecule has 6 heteroatoms. The van der Waals surface area contributed by atoms with Crippen LogP contribution in [0.4, 0.5) is 0 Å². The molecule has 1 aromatic heterocycles. The molecule has 3 aromatic rings. The lowest BCUT2D eigenvalue weighted by Gasteiger charge is -2.36. The molecule has 0 amide bonds. The van der Waals surface area contributed by atoms with Gasteiger partial charge in [-0.25, -0.2) is 4.79 Å². The zero-order chi connectivity index (χ0) is 17.2. The number of benzene rings is 2. The maximum absolute atomic E-state index is 12.5. The monoisotopic (exact) mass is 350 g/mol. The van der Waals surface area contributed by atoms with Crippen LogP contribution in [0.1, 0.15) is 26.8 Å². The summed E-state index contributed by atoms with van der Waals surface area (Å²) in [5.74, 6) is 2.16. The van der Waals surface area contributed by atoms with Gasteiger partial charge in [0.05, 0.1) is 10.9 Å². The Labute approximate surface area is 144 Å². The first-order valence-electron chi connectivity index (χ1n) is 7.63. The predicted molar refractivity (Wildman–Crippen MR) is 90.5 cm³/mol. The molecular weight excluding hydrogens is 339 g/mol. The number of phenolic OH excluding ortho intramolecular Hbond substituents is 1. The van der Waals surface area contributed by atoms with Crippen LogP contribution in [0.2, 0.25) is 0 Å². The van der Waals surface area contributed by atoms with E-state index in [2.05, 4.69) is 0 Å². The Bertz CT molecular complexity index is 1010. The molecule has 122 valence electrons.